The van der Waals surface area contributed by atoms with Gasteiger partial charge in [-0.05, 0) is 22.7 Å². The molecular weight excluding hydrogens is 479 g/mol. The van der Waals surface area contributed by atoms with Crippen LogP contribution in [0.25, 0.3) is 0 Å². The summed E-state index contributed by atoms with van der Waals surface area (Å²) in [6.07, 6.45) is 0. The Hall–Kier alpha value is -2.22. The molecule has 1 fully saturated rings. The van der Waals surface area contributed by atoms with Crippen LogP contribution in [0, 0.1) is 0 Å². The van der Waals surface area contributed by atoms with Gasteiger partial charge >= 0.3 is 10.8 Å². The largest absolute Gasteiger partial charge is 0.365 e. The first-order valence-electron chi connectivity index (χ1n) is 8.82. The minimum Gasteiger partial charge on any atom is -0.269 e. The quantitative estimate of drug-likeness (QED) is 0.474. The zero-order valence-electron chi connectivity index (χ0n) is 15.3. The number of nitrogens with zero attached hydrogens (tertiary/aromatic N) is 4. The van der Waals surface area contributed by atoms with Gasteiger partial charge in [0, 0.05) is 22.7 Å². The van der Waals surface area contributed by atoms with Gasteiger partial charge in [0.2, 0.25) is 0 Å². The summed E-state index contributed by atoms with van der Waals surface area (Å²) in [5.41, 5.74) is 1.55. The molecule has 0 aromatic heterocycles. The Balaban J connectivity index is 1.67. The molecule has 2 heterocycles. The molecule has 148 valence electrons. The Labute approximate surface area is 186 Å². The van der Waals surface area contributed by atoms with Crippen molar-refractivity contribution in [1.29, 1.82) is 0 Å². The lowest BCUT2D eigenvalue weighted by Crippen LogP contribution is -2.62. The van der Waals surface area contributed by atoms with Crippen molar-refractivity contribution in [3.63, 3.8) is 0 Å². The second-order valence-electron chi connectivity index (χ2n) is 6.72. The van der Waals surface area contributed by atoms with E-state index < -0.39 is 12.1 Å². The predicted molar refractivity (Wildman–Crippen MR) is 116 cm³/mol. The van der Waals surface area contributed by atoms with E-state index in [1.807, 2.05) is 24.3 Å². The molecule has 2 aliphatic rings. The number of rotatable bonds is 4. The average Bonchev–Trinajstić information content (AvgIpc) is 3.03. The highest BCUT2D eigenvalue weighted by molar-refractivity contribution is 9.18. The first kappa shape index (κ1) is 20.1. The van der Waals surface area contributed by atoms with E-state index in [1.165, 1.54) is 9.80 Å². The summed E-state index contributed by atoms with van der Waals surface area (Å²) >= 11 is 16.0. The Kier molecular flexibility index (Phi) is 5.46. The molecular formula is C20H16BrCl2N4O2+. The zero-order chi connectivity index (χ0) is 20.7. The molecule has 6 nitrogen and oxygen atoms in total. The molecule has 1 unspecified atom stereocenters. The van der Waals surface area contributed by atoms with Gasteiger partial charge in [0.25, 0.3) is 17.8 Å². The van der Waals surface area contributed by atoms with Crippen molar-refractivity contribution >= 4 is 61.7 Å². The van der Waals surface area contributed by atoms with Crippen molar-refractivity contribution < 1.29 is 14.2 Å². The lowest BCUT2D eigenvalue weighted by molar-refractivity contribution is -0.548. The molecule has 0 saturated carbocycles. The summed E-state index contributed by atoms with van der Waals surface area (Å²) in [7, 11) is 1.61. The van der Waals surface area contributed by atoms with Gasteiger partial charge < -0.3 is 0 Å². The van der Waals surface area contributed by atoms with E-state index in [1.54, 1.807) is 35.9 Å². The summed E-state index contributed by atoms with van der Waals surface area (Å²) in [6, 6.07) is 13.4. The number of hydrogen-bond acceptors (Lipinski definition) is 3. The van der Waals surface area contributed by atoms with Crippen molar-refractivity contribution in [2.45, 2.75) is 19.1 Å². The van der Waals surface area contributed by atoms with E-state index in [9.17, 15) is 9.59 Å². The van der Waals surface area contributed by atoms with Crippen LogP contribution in [0.4, 0.5) is 4.79 Å². The maximum Gasteiger partial charge on any atom is 0.365 e. The lowest BCUT2D eigenvalue weighted by atomic mass is 10.1. The number of amides is 3. The van der Waals surface area contributed by atoms with Crippen LogP contribution in [-0.2, 0) is 17.9 Å². The Morgan fingerprint density at radius 3 is 2.24 bits per heavy atom. The Morgan fingerprint density at radius 2 is 1.62 bits per heavy atom. The molecule has 0 N–H and O–H groups in total. The van der Waals surface area contributed by atoms with Crippen molar-refractivity contribution in [3.8, 4) is 0 Å². The molecule has 0 spiro atoms. The van der Waals surface area contributed by atoms with Gasteiger partial charge in [0.15, 0.2) is 0 Å². The molecule has 4 rings (SSSR count). The number of aliphatic imine (C=N–C) groups is 1. The Bertz CT molecular complexity index is 1090. The third-order valence-electron chi connectivity index (χ3n) is 4.95. The number of benzene rings is 2. The number of imide groups is 1. The fraction of sp³-hybridized carbons (Fsp3) is 0.200. The molecule has 2 aromatic carbocycles. The SMILES string of the molecule is CN1C(=O)N(Cc2ccccc2Cl)C(=O)C2C1=NC(Br)=[N+]2Cc1ccccc1Cl. The average molecular weight is 495 g/mol. The van der Waals surface area contributed by atoms with Gasteiger partial charge in [0.1, 0.15) is 6.54 Å². The second kappa shape index (κ2) is 7.89. The third kappa shape index (κ3) is 3.58. The summed E-state index contributed by atoms with van der Waals surface area (Å²) in [5, 5.41) is 1.10. The fourth-order valence-corrected chi connectivity index (χ4v) is 4.30. The minimum atomic E-state index is -0.731. The Morgan fingerprint density at radius 1 is 1.03 bits per heavy atom. The van der Waals surface area contributed by atoms with Crippen LogP contribution in [0.5, 0.6) is 0 Å². The fourth-order valence-electron chi connectivity index (χ4n) is 3.40. The van der Waals surface area contributed by atoms with Gasteiger partial charge in [-0.1, -0.05) is 59.6 Å². The van der Waals surface area contributed by atoms with Crippen LogP contribution in [0.1, 0.15) is 11.1 Å². The topological polar surface area (TPSA) is 56.0 Å². The van der Waals surface area contributed by atoms with Crippen molar-refractivity contribution in [3.05, 3.63) is 69.7 Å². The van der Waals surface area contributed by atoms with Crippen molar-refractivity contribution in [2.24, 2.45) is 4.99 Å². The summed E-state index contributed by atoms with van der Waals surface area (Å²) in [4.78, 5) is 33.2. The molecule has 2 aliphatic heterocycles. The van der Waals surface area contributed by atoms with Crippen molar-refractivity contribution in [2.75, 3.05) is 7.05 Å². The van der Waals surface area contributed by atoms with Gasteiger partial charge in [-0.3, -0.25) is 14.6 Å². The number of fused-ring (bicyclic) bond motifs is 1. The maximum atomic E-state index is 13.4. The van der Waals surface area contributed by atoms with Crippen LogP contribution >= 0.6 is 39.1 Å². The number of likely N-dealkylation sites (N-methyl/N-ethyl adjacent to an activating group) is 1. The minimum absolute atomic E-state index is 0.0863. The summed E-state index contributed by atoms with van der Waals surface area (Å²) in [6.45, 7) is 0.453. The standard InChI is InChI=1S/C20H16BrCl2N4O2/c1-25-17-16(26(19(21)24-17)10-12-6-2-4-8-14(12)22)18(28)27(20(25)29)11-13-7-3-5-9-15(13)23/h2-9,16H,10-11H2,1H3/q+1. The lowest BCUT2D eigenvalue weighted by Gasteiger charge is -2.33. The highest BCUT2D eigenvalue weighted by Gasteiger charge is 2.53. The van der Waals surface area contributed by atoms with Crippen LogP contribution < -0.4 is 0 Å². The molecule has 9 heteroatoms. The van der Waals surface area contributed by atoms with Crippen LogP contribution in [0.15, 0.2) is 53.5 Å². The molecule has 1 atom stereocenters. The number of carbonyl (C=O) groups excluding carboxylic acids is 2. The van der Waals surface area contributed by atoms with Gasteiger partial charge in [-0.25, -0.2) is 9.37 Å². The predicted octanol–water partition coefficient (Wildman–Crippen LogP) is 4.13. The molecule has 2 aromatic rings. The maximum absolute atomic E-state index is 13.4. The van der Waals surface area contributed by atoms with Crippen LogP contribution in [0.2, 0.25) is 10.0 Å². The van der Waals surface area contributed by atoms with E-state index in [2.05, 4.69) is 20.9 Å². The van der Waals surface area contributed by atoms with E-state index in [0.29, 0.717) is 32.7 Å². The zero-order valence-corrected chi connectivity index (χ0v) is 18.4. The molecule has 0 bridgehead atoms. The number of halogens is 3. The summed E-state index contributed by atoms with van der Waals surface area (Å²) < 4.78 is 2.27. The number of hydrogen-bond donors (Lipinski definition) is 0. The van der Waals surface area contributed by atoms with Gasteiger partial charge in [-0.2, -0.15) is 0 Å². The molecule has 3 amide bonds. The second-order valence-corrected chi connectivity index (χ2v) is 8.24. The van der Waals surface area contributed by atoms with Gasteiger partial charge in [-0.15, -0.1) is 0 Å². The molecule has 0 aliphatic carbocycles. The smallest absolute Gasteiger partial charge is 0.269 e. The van der Waals surface area contributed by atoms with E-state index >= 15 is 0 Å². The van der Waals surface area contributed by atoms with E-state index in [0.717, 1.165) is 5.56 Å². The highest BCUT2D eigenvalue weighted by Crippen LogP contribution is 2.27. The first-order chi connectivity index (χ1) is 13.9. The van der Waals surface area contributed by atoms with Gasteiger partial charge in [0.05, 0.1) is 22.5 Å². The normalized spacial score (nSPS) is 19.0. The number of urea groups is 1. The van der Waals surface area contributed by atoms with Crippen LogP contribution in [0.3, 0.4) is 0 Å². The van der Waals surface area contributed by atoms with Crippen LogP contribution in [-0.4, -0.2) is 50.0 Å². The molecule has 29 heavy (non-hydrogen) atoms. The monoisotopic (exact) mass is 493 g/mol. The molecule has 0 radical (unpaired) electrons. The number of carbonyl (C=O) groups is 2. The van der Waals surface area contributed by atoms with Crippen molar-refractivity contribution in [1.82, 2.24) is 9.80 Å². The highest BCUT2D eigenvalue weighted by atomic mass is 79.9. The van der Waals surface area contributed by atoms with E-state index in [-0.39, 0.29) is 12.5 Å². The first-order valence-corrected chi connectivity index (χ1v) is 10.4. The number of amidine groups is 2. The molecule has 1 saturated heterocycles. The summed E-state index contributed by atoms with van der Waals surface area (Å²) in [5.74, 6) is 0.0302. The van der Waals surface area contributed by atoms with E-state index in [4.69, 9.17) is 23.2 Å². The third-order valence-corrected chi connectivity index (χ3v) is 6.32.